The van der Waals surface area contributed by atoms with Crippen LogP contribution in [0.1, 0.15) is 49.4 Å². The number of aliphatic hydroxyl groups excluding tert-OH is 1. The van der Waals surface area contributed by atoms with Crippen LogP contribution in [0.5, 0.6) is 0 Å². The van der Waals surface area contributed by atoms with E-state index in [0.29, 0.717) is 24.1 Å². The van der Waals surface area contributed by atoms with E-state index in [2.05, 4.69) is 5.32 Å². The summed E-state index contributed by atoms with van der Waals surface area (Å²) in [5.74, 6) is -1.06. The normalized spacial score (nSPS) is 13.1. The number of hydrogen-bond acceptors (Lipinski definition) is 3. The molecule has 0 unspecified atom stereocenters. The summed E-state index contributed by atoms with van der Waals surface area (Å²) in [5.41, 5.74) is 4.83. The lowest BCUT2D eigenvalue weighted by molar-refractivity contribution is -0.123. The Morgan fingerprint density at radius 2 is 1.78 bits per heavy atom. The first-order chi connectivity index (χ1) is 17.0. The topological polar surface area (TPSA) is 58.6 Å². The number of carbonyl (C=O) groups excluding carboxylic acids is 1. The molecule has 194 valence electrons. The van der Waals surface area contributed by atoms with Gasteiger partial charge in [0.2, 0.25) is 5.91 Å². The van der Waals surface area contributed by atoms with Gasteiger partial charge in [-0.2, -0.15) is 8.78 Å². The number of allylic oxidation sites excluding steroid dienone is 5. The van der Waals surface area contributed by atoms with Crippen molar-refractivity contribution < 1.29 is 27.8 Å². The molecule has 36 heavy (non-hydrogen) atoms. The summed E-state index contributed by atoms with van der Waals surface area (Å²) in [6.45, 7) is 3.78. The van der Waals surface area contributed by atoms with Crippen LogP contribution in [0.3, 0.4) is 0 Å². The van der Waals surface area contributed by atoms with E-state index in [1.54, 1.807) is 19.9 Å². The average molecular weight is 522 g/mol. The van der Waals surface area contributed by atoms with Crippen LogP contribution in [0.4, 0.5) is 13.2 Å². The van der Waals surface area contributed by atoms with E-state index in [1.807, 2.05) is 38.1 Å². The van der Waals surface area contributed by atoms with Crippen molar-refractivity contribution >= 4 is 23.1 Å². The molecule has 0 aliphatic carbocycles. The van der Waals surface area contributed by atoms with Crippen molar-refractivity contribution in [2.24, 2.45) is 0 Å². The van der Waals surface area contributed by atoms with Crippen molar-refractivity contribution in [1.29, 1.82) is 0 Å². The van der Waals surface area contributed by atoms with Crippen molar-refractivity contribution in [1.82, 2.24) is 5.32 Å². The molecule has 4 nitrogen and oxygen atoms in total. The van der Waals surface area contributed by atoms with Gasteiger partial charge in [-0.1, -0.05) is 54.4 Å². The van der Waals surface area contributed by atoms with Crippen LogP contribution in [0, 0.1) is 12.7 Å². The Bertz CT molecular complexity index is 1130. The molecule has 8 heteroatoms. The fourth-order valence-electron chi connectivity index (χ4n) is 3.36. The highest BCUT2D eigenvalue weighted by Gasteiger charge is 2.14. The third kappa shape index (κ3) is 8.57. The third-order valence-corrected chi connectivity index (χ3v) is 6.26. The summed E-state index contributed by atoms with van der Waals surface area (Å²) in [5, 5.41) is 11.6. The van der Waals surface area contributed by atoms with Crippen LogP contribution in [-0.2, 0) is 22.5 Å². The average Bonchev–Trinajstić information content (AvgIpc) is 2.86. The zero-order valence-electron chi connectivity index (χ0n) is 20.8. The fraction of sp³-hybridized carbons (Fsp3) is 0.321. The highest BCUT2D eigenvalue weighted by molar-refractivity contribution is 6.31. The number of carbonyl (C=O) groups is 1. The van der Waals surface area contributed by atoms with Crippen molar-refractivity contribution in [3.05, 3.63) is 98.5 Å². The summed E-state index contributed by atoms with van der Waals surface area (Å²) >= 11 is 6.10. The van der Waals surface area contributed by atoms with E-state index in [9.17, 15) is 18.0 Å². The lowest BCUT2D eigenvalue weighted by Gasteiger charge is -2.13. The zero-order valence-corrected chi connectivity index (χ0v) is 21.6. The second-order valence-corrected chi connectivity index (χ2v) is 8.76. The highest BCUT2D eigenvalue weighted by Crippen LogP contribution is 2.29. The van der Waals surface area contributed by atoms with E-state index in [-0.39, 0.29) is 16.3 Å². The first-order valence-corrected chi connectivity index (χ1v) is 11.9. The quantitative estimate of drug-likeness (QED) is 0.250. The molecule has 2 N–H and O–H groups in total. The summed E-state index contributed by atoms with van der Waals surface area (Å²) in [7, 11) is 0. The third-order valence-electron chi connectivity index (χ3n) is 5.86. The fourth-order valence-corrected chi connectivity index (χ4v) is 3.57. The minimum absolute atomic E-state index is 0.0827. The van der Waals surface area contributed by atoms with Crippen molar-refractivity contribution in [3.63, 3.8) is 0 Å². The predicted octanol–water partition coefficient (Wildman–Crippen LogP) is 6.89. The zero-order chi connectivity index (χ0) is 26.8. The minimum atomic E-state index is -3.05. The molecule has 0 aromatic heterocycles. The molecule has 0 saturated carbocycles. The molecular weight excluding hydrogens is 491 g/mol. The van der Waals surface area contributed by atoms with E-state index in [1.165, 1.54) is 18.2 Å². The number of alkyl halides is 2. The monoisotopic (exact) mass is 521 g/mol. The second-order valence-electron chi connectivity index (χ2n) is 8.35. The van der Waals surface area contributed by atoms with E-state index < -0.39 is 24.9 Å². The molecule has 2 aromatic rings. The van der Waals surface area contributed by atoms with Crippen LogP contribution < -0.4 is 5.32 Å². The molecule has 0 aliphatic rings. The van der Waals surface area contributed by atoms with Crippen LogP contribution in [0.15, 0.2) is 65.5 Å². The number of benzene rings is 2. The lowest BCUT2D eigenvalue weighted by atomic mass is 9.97. The van der Waals surface area contributed by atoms with Gasteiger partial charge >= 0.3 is 6.61 Å². The van der Waals surface area contributed by atoms with Crippen molar-refractivity contribution in [3.8, 4) is 0 Å². The SMILES string of the molecule is CC/C(C)=C(/C=C\C(OC(F)F)=C(/C)c1cc(F)c(C)c(Cl)c1)Cc1ccc(CNC(=O)CO)cc1. The van der Waals surface area contributed by atoms with Gasteiger partial charge in [0, 0.05) is 17.1 Å². The van der Waals surface area contributed by atoms with Gasteiger partial charge in [0.15, 0.2) is 0 Å². The Balaban J connectivity index is 2.34. The largest absolute Gasteiger partial charge is 0.435 e. The first-order valence-electron chi connectivity index (χ1n) is 11.5. The smallest absolute Gasteiger partial charge is 0.387 e. The molecule has 0 saturated heterocycles. The van der Waals surface area contributed by atoms with Crippen LogP contribution in [0.25, 0.3) is 5.57 Å². The molecular formula is C28H31ClF3NO3. The summed E-state index contributed by atoms with van der Waals surface area (Å²) in [4.78, 5) is 11.2. The standard InChI is InChI=1S/C28H31ClF3NO3/c1-5-17(2)22(12-20-6-8-21(9-7-20)15-33-27(35)16-34)10-11-26(36-28(31)32)18(3)23-13-24(29)19(4)25(30)14-23/h6-11,13-14,28,34H,5,12,15-16H2,1-4H3,(H,33,35)/b11-10-,22-17-,26-18-. The van der Waals surface area contributed by atoms with E-state index in [4.69, 9.17) is 21.4 Å². The second kappa shape index (κ2) is 13.9. The molecule has 0 bridgehead atoms. The van der Waals surface area contributed by atoms with Gasteiger partial charge in [-0.25, -0.2) is 4.39 Å². The number of hydrogen-bond donors (Lipinski definition) is 2. The number of nitrogens with one attached hydrogen (secondary N) is 1. The number of ether oxygens (including phenoxy) is 1. The molecule has 0 spiro atoms. The Labute approximate surface area is 215 Å². The maximum atomic E-state index is 14.2. The van der Waals surface area contributed by atoms with Crippen LogP contribution in [-0.4, -0.2) is 24.2 Å². The Morgan fingerprint density at radius 1 is 1.14 bits per heavy atom. The van der Waals surface area contributed by atoms with Crippen molar-refractivity contribution in [2.45, 2.75) is 53.7 Å². The number of aliphatic hydroxyl groups is 1. The van der Waals surface area contributed by atoms with Gasteiger partial charge in [0.25, 0.3) is 0 Å². The molecule has 2 aromatic carbocycles. The maximum absolute atomic E-state index is 14.2. The Morgan fingerprint density at radius 3 is 2.33 bits per heavy atom. The lowest BCUT2D eigenvalue weighted by Crippen LogP contribution is -2.25. The first kappa shape index (κ1) is 29.2. The molecule has 1 amide bonds. The Hall–Kier alpha value is -3.03. The molecule has 0 heterocycles. The maximum Gasteiger partial charge on any atom is 0.387 e. The summed E-state index contributed by atoms with van der Waals surface area (Å²) < 4.78 is 45.4. The van der Waals surface area contributed by atoms with E-state index >= 15 is 0 Å². The number of amides is 1. The number of halogens is 4. The molecule has 0 aliphatic heterocycles. The van der Waals surface area contributed by atoms with Crippen LogP contribution >= 0.6 is 11.6 Å². The number of rotatable bonds is 11. The highest BCUT2D eigenvalue weighted by atomic mass is 35.5. The van der Waals surface area contributed by atoms with Crippen molar-refractivity contribution in [2.75, 3.05) is 6.61 Å². The summed E-state index contributed by atoms with van der Waals surface area (Å²) in [6, 6.07) is 10.4. The van der Waals surface area contributed by atoms with Gasteiger partial charge in [-0.15, -0.1) is 0 Å². The van der Waals surface area contributed by atoms with Gasteiger partial charge in [-0.3, -0.25) is 4.79 Å². The van der Waals surface area contributed by atoms with Gasteiger partial charge in [-0.05, 0) is 79.7 Å². The molecule has 0 atom stereocenters. The molecule has 2 rings (SSSR count). The van der Waals surface area contributed by atoms with Gasteiger partial charge in [0.05, 0.1) is 0 Å². The van der Waals surface area contributed by atoms with Crippen LogP contribution in [0.2, 0.25) is 5.02 Å². The summed E-state index contributed by atoms with van der Waals surface area (Å²) in [6.07, 6.45) is 4.52. The Kier molecular flexibility index (Phi) is 11.3. The van der Waals surface area contributed by atoms with Gasteiger partial charge in [0.1, 0.15) is 18.2 Å². The molecule has 0 fully saturated rings. The van der Waals surface area contributed by atoms with E-state index in [0.717, 1.165) is 28.7 Å². The van der Waals surface area contributed by atoms with Gasteiger partial charge < -0.3 is 15.2 Å². The minimum Gasteiger partial charge on any atom is -0.435 e. The molecule has 0 radical (unpaired) electrons. The predicted molar refractivity (Wildman–Crippen MR) is 137 cm³/mol.